The van der Waals surface area contributed by atoms with Crippen LogP contribution in [0.15, 0.2) is 0 Å². The summed E-state index contributed by atoms with van der Waals surface area (Å²) in [4.78, 5) is 25.9. The molecule has 0 radical (unpaired) electrons. The van der Waals surface area contributed by atoms with Gasteiger partial charge in [-0.1, -0.05) is 0 Å². The highest BCUT2D eigenvalue weighted by molar-refractivity contribution is 6.27. The summed E-state index contributed by atoms with van der Waals surface area (Å²) >= 11 is 5.42. The highest BCUT2D eigenvalue weighted by atomic mass is 35.5. The van der Waals surface area contributed by atoms with Gasteiger partial charge >= 0.3 is 12.3 Å². The van der Waals surface area contributed by atoms with E-state index in [4.69, 9.17) is 16.3 Å². The van der Waals surface area contributed by atoms with Crippen molar-refractivity contribution in [3.05, 3.63) is 0 Å². The third-order valence-corrected chi connectivity index (χ3v) is 3.50. The van der Waals surface area contributed by atoms with Crippen LogP contribution in [0.2, 0.25) is 0 Å². The number of hydrogen-bond donors (Lipinski definition) is 0. The average molecular weight is 359 g/mol. The van der Waals surface area contributed by atoms with Crippen LogP contribution in [0, 0.1) is 0 Å². The molecule has 1 aliphatic rings. The number of ether oxygens (including phenoxy) is 1. The van der Waals surface area contributed by atoms with Crippen LogP contribution in [0.5, 0.6) is 0 Å². The summed E-state index contributed by atoms with van der Waals surface area (Å²) in [6.07, 6.45) is -4.23. The Morgan fingerprint density at radius 3 is 2.39 bits per heavy atom. The standard InChI is InChI=1S/C14H22ClF3N2O3/c1-13(2,3)23-12(22)19-6-4-5-10(8-19)20(11(21)7-15)9-14(16,17)18/h10H,4-9H2,1-3H3. The SMILES string of the molecule is CC(C)(C)OC(=O)N1CCCC(N(CC(F)(F)F)C(=O)CCl)C1. The van der Waals surface area contributed by atoms with Gasteiger partial charge in [-0.05, 0) is 33.6 Å². The molecular weight excluding hydrogens is 337 g/mol. The summed E-state index contributed by atoms with van der Waals surface area (Å²) in [5, 5.41) is 0. The fourth-order valence-corrected chi connectivity index (χ4v) is 2.55. The van der Waals surface area contributed by atoms with E-state index < -0.39 is 42.2 Å². The van der Waals surface area contributed by atoms with Crippen LogP contribution in [0.3, 0.4) is 0 Å². The summed E-state index contributed by atoms with van der Waals surface area (Å²) in [5.74, 6) is -1.32. The third kappa shape index (κ3) is 6.85. The quantitative estimate of drug-likeness (QED) is 0.729. The molecule has 1 atom stereocenters. The first-order valence-electron chi connectivity index (χ1n) is 7.33. The minimum Gasteiger partial charge on any atom is -0.444 e. The Morgan fingerprint density at radius 2 is 1.91 bits per heavy atom. The van der Waals surface area contributed by atoms with Gasteiger partial charge in [-0.3, -0.25) is 4.79 Å². The monoisotopic (exact) mass is 358 g/mol. The molecule has 0 bridgehead atoms. The number of alkyl halides is 4. The lowest BCUT2D eigenvalue weighted by atomic mass is 10.0. The van der Waals surface area contributed by atoms with Gasteiger partial charge in [0.15, 0.2) is 0 Å². The zero-order chi connectivity index (χ0) is 17.8. The first-order chi connectivity index (χ1) is 10.4. The van der Waals surface area contributed by atoms with E-state index in [1.54, 1.807) is 20.8 Å². The van der Waals surface area contributed by atoms with Gasteiger partial charge in [0, 0.05) is 19.1 Å². The molecule has 1 aliphatic heterocycles. The predicted octanol–water partition coefficient (Wildman–Crippen LogP) is 3.02. The molecule has 0 spiro atoms. The number of carbonyl (C=O) groups excluding carboxylic acids is 2. The van der Waals surface area contributed by atoms with E-state index in [0.717, 1.165) is 0 Å². The van der Waals surface area contributed by atoms with Gasteiger partial charge in [-0.25, -0.2) is 4.79 Å². The Labute approximate surface area is 138 Å². The molecule has 1 unspecified atom stereocenters. The van der Waals surface area contributed by atoms with Crippen molar-refractivity contribution in [3.8, 4) is 0 Å². The Kier molecular flexibility index (Phi) is 6.56. The number of nitrogens with zero attached hydrogens (tertiary/aromatic N) is 2. The maximum Gasteiger partial charge on any atom is 0.410 e. The molecule has 9 heteroatoms. The lowest BCUT2D eigenvalue weighted by molar-refractivity contribution is -0.166. The fraction of sp³-hybridized carbons (Fsp3) is 0.857. The van der Waals surface area contributed by atoms with Crippen LogP contribution < -0.4 is 0 Å². The van der Waals surface area contributed by atoms with Crippen molar-refractivity contribution < 1.29 is 27.5 Å². The maximum atomic E-state index is 12.7. The Hall–Kier alpha value is -1.18. The number of halogens is 4. The van der Waals surface area contributed by atoms with Crippen molar-refractivity contribution in [3.63, 3.8) is 0 Å². The number of carbonyl (C=O) groups is 2. The van der Waals surface area contributed by atoms with Crippen molar-refractivity contribution in [2.24, 2.45) is 0 Å². The number of rotatable bonds is 3. The minimum atomic E-state index is -4.52. The van der Waals surface area contributed by atoms with Crippen LogP contribution >= 0.6 is 11.6 Å². The Morgan fingerprint density at radius 1 is 1.30 bits per heavy atom. The van der Waals surface area contributed by atoms with Crippen molar-refractivity contribution in [2.75, 3.05) is 25.5 Å². The molecular formula is C14H22ClF3N2O3. The summed E-state index contributed by atoms with van der Waals surface area (Å²) in [6.45, 7) is 4.15. The van der Waals surface area contributed by atoms with E-state index >= 15 is 0 Å². The molecule has 0 aliphatic carbocycles. The zero-order valence-electron chi connectivity index (χ0n) is 13.5. The molecule has 1 saturated heterocycles. The Bertz CT molecular complexity index is 438. The first kappa shape index (κ1) is 19.9. The molecule has 0 saturated carbocycles. The number of likely N-dealkylation sites (tertiary alicyclic amines) is 1. The van der Waals surface area contributed by atoms with Crippen LogP contribution in [0.25, 0.3) is 0 Å². The zero-order valence-corrected chi connectivity index (χ0v) is 14.2. The molecule has 0 aromatic heterocycles. The molecule has 5 nitrogen and oxygen atoms in total. The van der Waals surface area contributed by atoms with Crippen molar-refractivity contribution in [1.29, 1.82) is 0 Å². The molecule has 0 aromatic rings. The largest absolute Gasteiger partial charge is 0.444 e. The molecule has 23 heavy (non-hydrogen) atoms. The van der Waals surface area contributed by atoms with Crippen LogP contribution in [-0.2, 0) is 9.53 Å². The Balaban J connectivity index is 2.80. The van der Waals surface area contributed by atoms with Crippen molar-refractivity contribution >= 4 is 23.6 Å². The molecule has 2 amide bonds. The van der Waals surface area contributed by atoms with E-state index in [2.05, 4.69) is 0 Å². The molecule has 0 N–H and O–H groups in total. The molecule has 1 rings (SSSR count). The molecule has 0 aromatic carbocycles. The van der Waals surface area contributed by atoms with Gasteiger partial charge in [0.05, 0.1) is 0 Å². The van der Waals surface area contributed by atoms with E-state index in [-0.39, 0.29) is 6.54 Å². The van der Waals surface area contributed by atoms with E-state index in [1.165, 1.54) is 4.90 Å². The van der Waals surface area contributed by atoms with Gasteiger partial charge in [0.25, 0.3) is 0 Å². The van der Waals surface area contributed by atoms with Crippen molar-refractivity contribution in [1.82, 2.24) is 9.80 Å². The van der Waals surface area contributed by atoms with Crippen molar-refractivity contribution in [2.45, 2.75) is 51.4 Å². The predicted molar refractivity (Wildman–Crippen MR) is 79.3 cm³/mol. The highest BCUT2D eigenvalue weighted by Crippen LogP contribution is 2.24. The second-order valence-electron chi connectivity index (χ2n) is 6.49. The summed E-state index contributed by atoms with van der Waals surface area (Å²) < 4.78 is 43.3. The van der Waals surface area contributed by atoms with Gasteiger partial charge in [-0.2, -0.15) is 13.2 Å². The first-order valence-corrected chi connectivity index (χ1v) is 7.86. The van der Waals surface area contributed by atoms with Gasteiger partial charge in [0.2, 0.25) is 5.91 Å². The van der Waals surface area contributed by atoms with E-state index in [0.29, 0.717) is 24.3 Å². The smallest absolute Gasteiger partial charge is 0.410 e. The summed E-state index contributed by atoms with van der Waals surface area (Å²) in [6, 6.07) is -0.718. The second-order valence-corrected chi connectivity index (χ2v) is 6.76. The normalized spacial score (nSPS) is 19.4. The van der Waals surface area contributed by atoms with Crippen LogP contribution in [0.4, 0.5) is 18.0 Å². The summed E-state index contributed by atoms with van der Waals surface area (Å²) in [7, 11) is 0. The topological polar surface area (TPSA) is 49.9 Å². The van der Waals surface area contributed by atoms with Gasteiger partial charge < -0.3 is 14.5 Å². The van der Waals surface area contributed by atoms with E-state index in [9.17, 15) is 22.8 Å². The maximum absolute atomic E-state index is 12.7. The number of hydrogen-bond acceptors (Lipinski definition) is 3. The highest BCUT2D eigenvalue weighted by Gasteiger charge is 2.38. The molecule has 1 fully saturated rings. The van der Waals surface area contributed by atoms with Gasteiger partial charge in [0.1, 0.15) is 18.0 Å². The summed E-state index contributed by atoms with van der Waals surface area (Å²) in [5.41, 5.74) is -0.693. The number of piperidine rings is 1. The average Bonchev–Trinajstić information content (AvgIpc) is 2.41. The minimum absolute atomic E-state index is 0.00756. The molecule has 1 heterocycles. The molecule has 134 valence electrons. The third-order valence-electron chi connectivity index (χ3n) is 3.27. The van der Waals surface area contributed by atoms with E-state index in [1.807, 2.05) is 0 Å². The lowest BCUT2D eigenvalue weighted by Gasteiger charge is -2.39. The van der Waals surface area contributed by atoms with Crippen LogP contribution in [0.1, 0.15) is 33.6 Å². The number of amides is 2. The second kappa shape index (κ2) is 7.59. The lowest BCUT2D eigenvalue weighted by Crippen LogP contribution is -2.54. The van der Waals surface area contributed by atoms with Gasteiger partial charge in [-0.15, -0.1) is 11.6 Å². The fourth-order valence-electron chi connectivity index (χ4n) is 2.39. The van der Waals surface area contributed by atoms with Crippen LogP contribution in [-0.4, -0.2) is 65.1 Å².